The fraction of sp³-hybridized carbons (Fsp3) is 0.500. The monoisotopic (exact) mass is 343 g/mol. The second-order valence-corrected chi connectivity index (χ2v) is 6.67. The van der Waals surface area contributed by atoms with Gasteiger partial charge in [0.1, 0.15) is 11.9 Å². The van der Waals surface area contributed by atoms with Gasteiger partial charge in [0.05, 0.1) is 5.69 Å². The first kappa shape index (κ1) is 17.4. The number of nitrogens with one attached hydrogen (secondary N) is 2. The van der Waals surface area contributed by atoms with Gasteiger partial charge in [0.2, 0.25) is 5.91 Å². The molecule has 0 spiro atoms. The van der Waals surface area contributed by atoms with Crippen molar-refractivity contribution in [1.29, 1.82) is 0 Å². The molecule has 7 heteroatoms. The lowest BCUT2D eigenvalue weighted by Crippen LogP contribution is -2.27. The molecular formula is C18H25N5O2. The normalized spacial score (nSPS) is 19.0. The van der Waals surface area contributed by atoms with Gasteiger partial charge < -0.3 is 10.1 Å². The first-order chi connectivity index (χ1) is 11.9. The molecule has 7 nitrogen and oxygen atoms in total. The zero-order chi connectivity index (χ0) is 18.0. The molecule has 1 aliphatic rings. The molecule has 1 aliphatic heterocycles. The van der Waals surface area contributed by atoms with Crippen LogP contribution in [0.5, 0.6) is 5.75 Å². The van der Waals surface area contributed by atoms with E-state index in [1.807, 2.05) is 32.0 Å². The third kappa shape index (κ3) is 4.36. The molecule has 2 aromatic rings. The van der Waals surface area contributed by atoms with E-state index in [2.05, 4.69) is 32.3 Å². The van der Waals surface area contributed by atoms with Gasteiger partial charge in [-0.1, -0.05) is 0 Å². The summed E-state index contributed by atoms with van der Waals surface area (Å²) in [6, 6.07) is 6.03. The predicted octanol–water partition coefficient (Wildman–Crippen LogP) is 2.59. The Bertz CT molecular complexity index is 737. The largest absolute Gasteiger partial charge is 0.489 e. The molecule has 2 N–H and O–H groups in total. The molecule has 0 aliphatic carbocycles. The van der Waals surface area contributed by atoms with Gasteiger partial charge in [-0.2, -0.15) is 5.10 Å². The number of carbonyl (C=O) groups is 1. The van der Waals surface area contributed by atoms with Gasteiger partial charge in [-0.25, -0.2) is 0 Å². The second kappa shape index (κ2) is 7.23. The van der Waals surface area contributed by atoms with Crippen LogP contribution in [0.3, 0.4) is 0 Å². The Morgan fingerprint density at radius 1 is 1.36 bits per heavy atom. The first-order valence-corrected chi connectivity index (χ1v) is 8.59. The number of anilines is 1. The number of aromatic nitrogens is 3. The summed E-state index contributed by atoms with van der Waals surface area (Å²) >= 11 is 0. The minimum atomic E-state index is -0.122. The Morgan fingerprint density at radius 2 is 2.08 bits per heavy atom. The fourth-order valence-electron chi connectivity index (χ4n) is 3.25. The van der Waals surface area contributed by atoms with Gasteiger partial charge in [0, 0.05) is 55.6 Å². The van der Waals surface area contributed by atoms with E-state index in [1.165, 1.54) is 6.92 Å². The highest BCUT2D eigenvalue weighted by Gasteiger charge is 2.29. The third-order valence-corrected chi connectivity index (χ3v) is 4.43. The van der Waals surface area contributed by atoms with Crippen LogP contribution in [0.4, 0.5) is 5.82 Å². The predicted molar refractivity (Wildman–Crippen MR) is 95.6 cm³/mol. The maximum absolute atomic E-state index is 11.1. The zero-order valence-electron chi connectivity index (χ0n) is 15.2. The van der Waals surface area contributed by atoms with Crippen LogP contribution in [0.15, 0.2) is 18.2 Å². The second-order valence-electron chi connectivity index (χ2n) is 6.67. The topological polar surface area (TPSA) is 83.1 Å². The van der Waals surface area contributed by atoms with Crippen LogP contribution < -0.4 is 10.1 Å². The molecule has 25 heavy (non-hydrogen) atoms. The van der Waals surface area contributed by atoms with Crippen LogP contribution in [-0.2, 0) is 4.79 Å². The first-order valence-electron chi connectivity index (χ1n) is 8.59. The van der Waals surface area contributed by atoms with Crippen molar-refractivity contribution in [3.8, 4) is 5.75 Å². The van der Waals surface area contributed by atoms with Gasteiger partial charge >= 0.3 is 0 Å². The van der Waals surface area contributed by atoms with Crippen LogP contribution in [0.25, 0.3) is 0 Å². The zero-order valence-corrected chi connectivity index (χ0v) is 15.2. The van der Waals surface area contributed by atoms with Crippen molar-refractivity contribution in [3.05, 3.63) is 35.3 Å². The summed E-state index contributed by atoms with van der Waals surface area (Å²) in [6.45, 7) is 9.39. The van der Waals surface area contributed by atoms with Crippen molar-refractivity contribution < 1.29 is 9.53 Å². The lowest BCUT2D eigenvalue weighted by Gasteiger charge is -2.23. The van der Waals surface area contributed by atoms with Gasteiger partial charge in [-0.15, -0.1) is 0 Å². The van der Waals surface area contributed by atoms with Crippen molar-refractivity contribution >= 4 is 11.7 Å². The van der Waals surface area contributed by atoms with Crippen molar-refractivity contribution in [2.24, 2.45) is 0 Å². The van der Waals surface area contributed by atoms with Gasteiger partial charge in [0.15, 0.2) is 5.82 Å². The standard InChI is InChI=1S/C18H25N5O2/c1-11-7-16(8-12(2)19-11)25-15-5-6-23(10-15)13(3)17-9-18(22-21-17)20-14(4)24/h7-9,13,15H,5-6,10H2,1-4H3,(H2,20,21,22,24). The van der Waals surface area contributed by atoms with Crippen LogP contribution in [0.1, 0.15) is 43.4 Å². The number of ether oxygens (including phenoxy) is 1. The number of aryl methyl sites for hydroxylation is 2. The number of H-pyrrole nitrogens is 1. The average molecular weight is 343 g/mol. The minimum Gasteiger partial charge on any atom is -0.489 e. The molecule has 2 aromatic heterocycles. The van der Waals surface area contributed by atoms with Crippen LogP contribution >= 0.6 is 0 Å². The number of hydrogen-bond acceptors (Lipinski definition) is 5. The summed E-state index contributed by atoms with van der Waals surface area (Å²) in [7, 11) is 0. The lowest BCUT2D eigenvalue weighted by molar-refractivity contribution is -0.114. The Kier molecular flexibility index (Phi) is 5.03. The van der Waals surface area contributed by atoms with Gasteiger partial charge in [-0.3, -0.25) is 19.8 Å². The summed E-state index contributed by atoms with van der Waals surface area (Å²) in [5.41, 5.74) is 2.93. The number of likely N-dealkylation sites (tertiary alicyclic amines) is 1. The van der Waals surface area contributed by atoms with E-state index in [-0.39, 0.29) is 18.1 Å². The maximum Gasteiger partial charge on any atom is 0.222 e. The van der Waals surface area contributed by atoms with E-state index in [1.54, 1.807) is 0 Å². The molecule has 2 unspecified atom stereocenters. The number of nitrogens with zero attached hydrogens (tertiary/aromatic N) is 3. The Balaban J connectivity index is 1.60. The van der Waals surface area contributed by atoms with E-state index in [9.17, 15) is 4.79 Å². The van der Waals surface area contributed by atoms with Crippen LogP contribution in [0.2, 0.25) is 0 Å². The highest BCUT2D eigenvalue weighted by Crippen LogP contribution is 2.27. The highest BCUT2D eigenvalue weighted by molar-refractivity contribution is 5.87. The molecule has 1 fully saturated rings. The number of rotatable bonds is 5. The van der Waals surface area contributed by atoms with E-state index >= 15 is 0 Å². The van der Waals surface area contributed by atoms with E-state index < -0.39 is 0 Å². The third-order valence-electron chi connectivity index (χ3n) is 4.43. The molecule has 2 atom stereocenters. The minimum absolute atomic E-state index is 0.122. The van der Waals surface area contributed by atoms with Crippen LogP contribution in [-0.4, -0.2) is 45.2 Å². The molecule has 0 saturated carbocycles. The number of carbonyl (C=O) groups excluding carboxylic acids is 1. The molecule has 3 heterocycles. The summed E-state index contributed by atoms with van der Waals surface area (Å²) in [6.07, 6.45) is 1.15. The SMILES string of the molecule is CC(=O)Nc1cc(C(C)N2CCC(Oc3cc(C)nc(C)c3)C2)[nH]n1. The van der Waals surface area contributed by atoms with Gasteiger partial charge in [-0.05, 0) is 27.2 Å². The molecule has 3 rings (SSSR count). The quantitative estimate of drug-likeness (QED) is 0.872. The number of hydrogen-bond donors (Lipinski definition) is 2. The molecule has 0 radical (unpaired) electrons. The van der Waals surface area contributed by atoms with Crippen LogP contribution in [0, 0.1) is 13.8 Å². The van der Waals surface area contributed by atoms with E-state index in [4.69, 9.17) is 4.74 Å². The number of aromatic amines is 1. The van der Waals surface area contributed by atoms with Crippen molar-refractivity contribution in [2.75, 3.05) is 18.4 Å². The van der Waals surface area contributed by atoms with Crippen molar-refractivity contribution in [2.45, 2.75) is 46.3 Å². The highest BCUT2D eigenvalue weighted by atomic mass is 16.5. The molecule has 0 bridgehead atoms. The lowest BCUT2D eigenvalue weighted by atomic mass is 10.2. The van der Waals surface area contributed by atoms with E-state index in [0.717, 1.165) is 42.3 Å². The van der Waals surface area contributed by atoms with Gasteiger partial charge in [0.25, 0.3) is 0 Å². The molecule has 1 amide bonds. The number of pyridine rings is 1. The molecular weight excluding hydrogens is 318 g/mol. The summed E-state index contributed by atoms with van der Waals surface area (Å²) in [5, 5.41) is 9.84. The summed E-state index contributed by atoms with van der Waals surface area (Å²) in [5.74, 6) is 1.33. The van der Waals surface area contributed by atoms with E-state index in [0.29, 0.717) is 5.82 Å². The van der Waals surface area contributed by atoms with Crippen molar-refractivity contribution in [3.63, 3.8) is 0 Å². The molecule has 1 saturated heterocycles. The average Bonchev–Trinajstić information content (AvgIpc) is 3.14. The Labute approximate surface area is 147 Å². The Morgan fingerprint density at radius 3 is 2.76 bits per heavy atom. The summed E-state index contributed by atoms with van der Waals surface area (Å²) < 4.78 is 6.15. The Hall–Kier alpha value is -2.41. The van der Waals surface area contributed by atoms with Crippen molar-refractivity contribution in [1.82, 2.24) is 20.1 Å². The maximum atomic E-state index is 11.1. The number of amides is 1. The summed E-state index contributed by atoms with van der Waals surface area (Å²) in [4.78, 5) is 17.9. The molecule has 134 valence electrons. The fourth-order valence-corrected chi connectivity index (χ4v) is 3.25. The molecule has 0 aromatic carbocycles. The smallest absolute Gasteiger partial charge is 0.222 e.